The number of aryl methyl sites for hydroxylation is 1. The lowest BCUT2D eigenvalue weighted by atomic mass is 9.97. The molecule has 4 aromatic rings. The van der Waals surface area contributed by atoms with E-state index < -0.39 is 44.8 Å². The van der Waals surface area contributed by atoms with Crippen molar-refractivity contribution in [2.75, 3.05) is 10.7 Å². The van der Waals surface area contributed by atoms with Gasteiger partial charge in [-0.15, -0.1) is 10.2 Å². The lowest BCUT2D eigenvalue weighted by Crippen LogP contribution is -2.45. The highest BCUT2D eigenvalue weighted by Gasteiger charge is 2.37. The number of hydrogen-bond acceptors (Lipinski definition) is 8. The average molecular weight is 589 g/mol. The first kappa shape index (κ1) is 28.5. The third kappa shape index (κ3) is 5.48. The Bertz CT molecular complexity index is 1740. The molecule has 1 aliphatic rings. The molecule has 10 nitrogen and oxygen atoms in total. The van der Waals surface area contributed by atoms with Crippen LogP contribution in [0.2, 0.25) is 0 Å². The maximum absolute atomic E-state index is 13.4. The minimum Gasteiger partial charge on any atom is -0.420 e. The molecule has 0 bridgehead atoms. The van der Waals surface area contributed by atoms with Gasteiger partial charge in [0, 0.05) is 18.0 Å². The molecule has 2 N–H and O–H groups in total. The molecule has 216 valence electrons. The maximum atomic E-state index is 13.4. The van der Waals surface area contributed by atoms with Crippen molar-refractivity contribution in [2.45, 2.75) is 49.8 Å². The number of hydrogen-bond donors (Lipinski definition) is 1. The first-order chi connectivity index (χ1) is 19.0. The number of sulfone groups is 1. The number of nitrogens with zero attached hydrogens (tertiary/aromatic N) is 5. The molecular weight excluding hydrogens is 561 g/mol. The number of anilines is 1. The molecule has 3 heterocycles. The Morgan fingerprint density at radius 2 is 1.68 bits per heavy atom. The quantitative estimate of drug-likeness (QED) is 0.376. The number of amides is 1. The van der Waals surface area contributed by atoms with Crippen molar-refractivity contribution in [3.05, 3.63) is 65.7 Å². The van der Waals surface area contributed by atoms with Gasteiger partial charge < -0.3 is 15.1 Å². The first-order valence-corrected chi connectivity index (χ1v) is 14.2. The van der Waals surface area contributed by atoms with Gasteiger partial charge in [0.2, 0.25) is 17.7 Å². The van der Waals surface area contributed by atoms with E-state index in [0.29, 0.717) is 22.6 Å². The summed E-state index contributed by atoms with van der Waals surface area (Å²) in [5, 5.41) is 11.7. The van der Waals surface area contributed by atoms with E-state index in [1.54, 1.807) is 24.3 Å². The van der Waals surface area contributed by atoms with E-state index >= 15 is 0 Å². The minimum absolute atomic E-state index is 0.0466. The Morgan fingerprint density at radius 3 is 2.27 bits per heavy atom. The molecule has 14 heteroatoms. The van der Waals surface area contributed by atoms with Crippen LogP contribution >= 0.6 is 0 Å². The molecule has 1 aliphatic heterocycles. The fourth-order valence-corrected chi connectivity index (χ4v) is 6.04. The van der Waals surface area contributed by atoms with E-state index in [4.69, 9.17) is 10.2 Å². The van der Waals surface area contributed by atoms with Gasteiger partial charge in [0.05, 0.1) is 34.6 Å². The highest BCUT2D eigenvalue weighted by atomic mass is 32.2. The van der Waals surface area contributed by atoms with Crippen LogP contribution in [-0.4, -0.2) is 46.1 Å². The summed E-state index contributed by atoms with van der Waals surface area (Å²) in [6.45, 7) is 5.68. The Labute approximate surface area is 233 Å². The number of aromatic nitrogens is 4. The van der Waals surface area contributed by atoms with E-state index in [0.717, 1.165) is 10.7 Å². The number of carbonyl (C=O) groups excluding carboxylic acids is 1. The zero-order chi connectivity index (χ0) is 29.9. The largest absolute Gasteiger partial charge is 0.435 e. The Morgan fingerprint density at radius 1 is 1.02 bits per heavy atom. The van der Waals surface area contributed by atoms with Gasteiger partial charge in [0.1, 0.15) is 0 Å². The molecule has 0 spiro atoms. The molecule has 0 unspecified atom stereocenters. The Kier molecular flexibility index (Phi) is 6.81. The third-order valence-electron chi connectivity index (χ3n) is 6.64. The summed E-state index contributed by atoms with van der Waals surface area (Å²) in [6.07, 6.45) is -4.58. The van der Waals surface area contributed by atoms with Crippen molar-refractivity contribution in [3.63, 3.8) is 0 Å². The molecule has 0 aliphatic carbocycles. The van der Waals surface area contributed by atoms with Crippen molar-refractivity contribution >= 4 is 21.4 Å². The predicted molar refractivity (Wildman–Crippen MR) is 143 cm³/mol. The van der Waals surface area contributed by atoms with Gasteiger partial charge in [-0.05, 0) is 35.4 Å². The van der Waals surface area contributed by atoms with Crippen LogP contribution in [0, 0.1) is 0 Å². The summed E-state index contributed by atoms with van der Waals surface area (Å²) in [6, 6.07) is 10.6. The van der Waals surface area contributed by atoms with Crippen LogP contribution in [0.4, 0.5) is 18.9 Å². The summed E-state index contributed by atoms with van der Waals surface area (Å²) >= 11 is 0. The fourth-order valence-electron chi connectivity index (χ4n) is 4.49. The van der Waals surface area contributed by atoms with Gasteiger partial charge in [0.25, 0.3) is 0 Å². The molecule has 0 radical (unpaired) electrons. The number of fused-ring (bicyclic) bond motifs is 1. The minimum atomic E-state index is -4.58. The molecular formula is C27H27F3N6O4S. The zero-order valence-corrected chi connectivity index (χ0v) is 23.4. The normalized spacial score (nSPS) is 17.4. The number of benzene rings is 2. The van der Waals surface area contributed by atoms with Crippen LogP contribution in [0.25, 0.3) is 22.7 Å². The maximum Gasteiger partial charge on any atom is 0.435 e. The topological polar surface area (TPSA) is 137 Å². The molecule has 2 aromatic carbocycles. The van der Waals surface area contributed by atoms with Crippen molar-refractivity contribution in [1.29, 1.82) is 0 Å². The van der Waals surface area contributed by atoms with E-state index in [-0.39, 0.29) is 28.7 Å². The predicted octanol–water partition coefficient (Wildman–Crippen LogP) is 4.10. The van der Waals surface area contributed by atoms with Gasteiger partial charge in [-0.1, -0.05) is 45.0 Å². The van der Waals surface area contributed by atoms with Crippen LogP contribution in [0.15, 0.2) is 57.8 Å². The van der Waals surface area contributed by atoms with Crippen LogP contribution in [0.1, 0.15) is 37.9 Å². The second-order valence-corrected chi connectivity index (χ2v) is 12.9. The summed E-state index contributed by atoms with van der Waals surface area (Å²) in [5.41, 5.74) is 6.46. The van der Waals surface area contributed by atoms with E-state index in [2.05, 4.69) is 15.3 Å². The van der Waals surface area contributed by atoms with E-state index in [1.165, 1.54) is 30.1 Å². The SMILES string of the molecule is Cn1nc(C(F)(F)F)cc1-c1ccc(CN2C(=O)[C@@H](N)CS(=O)(=O)c3ccc(-c4nnc(C(C)(C)C)o4)cc32)cc1. The highest BCUT2D eigenvalue weighted by Crippen LogP contribution is 2.36. The van der Waals surface area contributed by atoms with Crippen LogP contribution < -0.4 is 10.6 Å². The van der Waals surface area contributed by atoms with Gasteiger partial charge in [-0.3, -0.25) is 9.48 Å². The number of halogens is 3. The molecule has 2 aromatic heterocycles. The zero-order valence-electron chi connectivity index (χ0n) is 22.6. The lowest BCUT2D eigenvalue weighted by molar-refractivity contribution is -0.141. The van der Waals surface area contributed by atoms with Crippen LogP contribution in [0.3, 0.4) is 0 Å². The Hall–Kier alpha value is -4.04. The standard InChI is InChI=1S/C27H27F3N6O4S/c1-26(2,3)25-33-32-23(40-25)17-9-10-21-20(11-17)36(24(37)18(31)14-41(21,38)39)13-15-5-7-16(8-6-15)19-12-22(27(28,29)30)34-35(19)4/h5-12,18H,13-14,31H2,1-4H3/t18-/m0/s1. The summed E-state index contributed by atoms with van der Waals surface area (Å²) in [4.78, 5) is 14.6. The van der Waals surface area contributed by atoms with E-state index in [1.807, 2.05) is 20.8 Å². The van der Waals surface area contributed by atoms with E-state index in [9.17, 15) is 26.4 Å². The smallest absolute Gasteiger partial charge is 0.420 e. The van der Waals surface area contributed by atoms with Crippen molar-refractivity contribution in [2.24, 2.45) is 12.8 Å². The molecule has 0 saturated heterocycles. The summed E-state index contributed by atoms with van der Waals surface area (Å²) < 4.78 is 72.6. The molecule has 41 heavy (non-hydrogen) atoms. The molecule has 0 saturated carbocycles. The number of alkyl halides is 3. The van der Waals surface area contributed by atoms with Gasteiger partial charge >= 0.3 is 6.18 Å². The van der Waals surface area contributed by atoms with Crippen LogP contribution in [-0.2, 0) is 39.8 Å². The van der Waals surface area contributed by atoms with Gasteiger partial charge in [-0.2, -0.15) is 18.3 Å². The fraction of sp³-hybridized carbons (Fsp3) is 0.333. The summed E-state index contributed by atoms with van der Waals surface area (Å²) in [7, 11) is -2.50. The molecule has 1 amide bonds. The monoisotopic (exact) mass is 588 g/mol. The van der Waals surface area contributed by atoms with Crippen molar-refractivity contribution in [1.82, 2.24) is 20.0 Å². The first-order valence-electron chi connectivity index (χ1n) is 12.5. The molecule has 1 atom stereocenters. The highest BCUT2D eigenvalue weighted by molar-refractivity contribution is 7.91. The van der Waals surface area contributed by atoms with Crippen molar-refractivity contribution in [3.8, 4) is 22.7 Å². The second kappa shape index (κ2) is 9.80. The van der Waals surface area contributed by atoms with Gasteiger partial charge in [0.15, 0.2) is 15.5 Å². The Balaban J connectivity index is 1.52. The molecule has 0 fully saturated rings. The molecule has 5 rings (SSSR count). The second-order valence-electron chi connectivity index (χ2n) is 10.9. The lowest BCUT2D eigenvalue weighted by Gasteiger charge is -2.24. The number of nitrogens with two attached hydrogens (primary N) is 1. The van der Waals surface area contributed by atoms with Crippen LogP contribution in [0.5, 0.6) is 0 Å². The summed E-state index contributed by atoms with van der Waals surface area (Å²) in [5.74, 6) is -0.615. The third-order valence-corrected chi connectivity index (χ3v) is 8.45. The number of rotatable bonds is 4. The van der Waals surface area contributed by atoms with Crippen molar-refractivity contribution < 1.29 is 30.8 Å². The number of carbonyl (C=O) groups is 1. The van der Waals surface area contributed by atoms with Gasteiger partial charge in [-0.25, -0.2) is 8.42 Å². The average Bonchev–Trinajstić information content (AvgIpc) is 3.53.